The molecule has 2 aliphatic rings. The molecule has 0 radical (unpaired) electrons. The van der Waals surface area contributed by atoms with E-state index in [0.29, 0.717) is 49.1 Å². The van der Waals surface area contributed by atoms with Gasteiger partial charge in [-0.15, -0.1) is 0 Å². The normalized spacial score (nSPS) is 26.2. The van der Waals surface area contributed by atoms with E-state index in [2.05, 4.69) is 0 Å². The van der Waals surface area contributed by atoms with Gasteiger partial charge in [0.1, 0.15) is 11.6 Å². The van der Waals surface area contributed by atoms with Crippen LogP contribution in [0.25, 0.3) is 0 Å². The average molecular weight is 250 g/mol. The van der Waals surface area contributed by atoms with Gasteiger partial charge in [0.2, 0.25) is 0 Å². The van der Waals surface area contributed by atoms with Crippen LogP contribution in [0.5, 0.6) is 0 Å². The Morgan fingerprint density at radius 3 is 1.67 bits per heavy atom. The maximum absolute atomic E-state index is 11.8. The van der Waals surface area contributed by atoms with Crippen molar-refractivity contribution in [1.82, 2.24) is 0 Å². The number of Topliss-reactive ketones (excluding diaryl/α,β-unsaturated/α-hetero) is 2. The van der Waals surface area contributed by atoms with E-state index in [1.807, 2.05) is 0 Å². The van der Waals surface area contributed by atoms with Crippen LogP contribution in [0.3, 0.4) is 0 Å². The molecule has 0 amide bonds. The van der Waals surface area contributed by atoms with Crippen LogP contribution in [0.15, 0.2) is 0 Å². The molecular formula is C16H26O2. The van der Waals surface area contributed by atoms with Gasteiger partial charge < -0.3 is 0 Å². The fourth-order valence-corrected chi connectivity index (χ4v) is 3.64. The first kappa shape index (κ1) is 13.8. The predicted octanol–water partition coefficient (Wildman–Crippen LogP) is 4.07. The number of carbonyl (C=O) groups is 2. The summed E-state index contributed by atoms with van der Waals surface area (Å²) in [5, 5.41) is 0. The molecule has 2 heteroatoms. The predicted molar refractivity (Wildman–Crippen MR) is 72.4 cm³/mol. The van der Waals surface area contributed by atoms with E-state index < -0.39 is 0 Å². The first-order valence-corrected chi connectivity index (χ1v) is 7.79. The SMILES string of the molecule is O=C1CCCC(=O)CC(C2CCCCCCC2)C1. The molecule has 0 N–H and O–H groups in total. The zero-order valence-electron chi connectivity index (χ0n) is 11.5. The first-order chi connectivity index (χ1) is 8.75. The maximum Gasteiger partial charge on any atom is 0.133 e. The van der Waals surface area contributed by atoms with Crippen molar-refractivity contribution in [3.8, 4) is 0 Å². The van der Waals surface area contributed by atoms with E-state index in [9.17, 15) is 9.59 Å². The molecule has 102 valence electrons. The zero-order chi connectivity index (χ0) is 12.8. The minimum atomic E-state index is 0.364. The van der Waals surface area contributed by atoms with Gasteiger partial charge >= 0.3 is 0 Å². The van der Waals surface area contributed by atoms with Crippen molar-refractivity contribution in [2.75, 3.05) is 0 Å². The van der Waals surface area contributed by atoms with E-state index in [4.69, 9.17) is 0 Å². The molecule has 2 nitrogen and oxygen atoms in total. The van der Waals surface area contributed by atoms with Gasteiger partial charge in [0.15, 0.2) is 0 Å². The van der Waals surface area contributed by atoms with Gasteiger partial charge in [-0.3, -0.25) is 9.59 Å². The second-order valence-electron chi connectivity index (χ2n) is 6.20. The van der Waals surface area contributed by atoms with Gasteiger partial charge in [-0.1, -0.05) is 44.9 Å². The summed E-state index contributed by atoms with van der Waals surface area (Å²) in [6.07, 6.45) is 12.5. The van der Waals surface area contributed by atoms with E-state index in [1.165, 1.54) is 44.9 Å². The highest BCUT2D eigenvalue weighted by atomic mass is 16.1. The topological polar surface area (TPSA) is 34.1 Å². The number of ketones is 2. The molecule has 0 aromatic heterocycles. The van der Waals surface area contributed by atoms with Crippen molar-refractivity contribution < 1.29 is 9.59 Å². The second kappa shape index (κ2) is 7.06. The fraction of sp³-hybridized carbons (Fsp3) is 0.875. The van der Waals surface area contributed by atoms with Crippen molar-refractivity contribution in [3.63, 3.8) is 0 Å². The molecule has 0 aromatic carbocycles. The summed E-state index contributed by atoms with van der Waals surface area (Å²) in [7, 11) is 0. The Balaban J connectivity index is 1.96. The molecular weight excluding hydrogens is 224 g/mol. The first-order valence-electron chi connectivity index (χ1n) is 7.79. The number of rotatable bonds is 1. The summed E-state index contributed by atoms with van der Waals surface area (Å²) >= 11 is 0. The molecule has 0 saturated heterocycles. The lowest BCUT2D eigenvalue weighted by atomic mass is 9.75. The Bertz CT molecular complexity index is 269. The molecule has 0 atom stereocenters. The van der Waals surface area contributed by atoms with Gasteiger partial charge in [-0.25, -0.2) is 0 Å². The Morgan fingerprint density at radius 1 is 0.611 bits per heavy atom. The molecule has 0 unspecified atom stereocenters. The van der Waals surface area contributed by atoms with E-state index in [0.717, 1.165) is 6.42 Å². The molecule has 0 bridgehead atoms. The van der Waals surface area contributed by atoms with Crippen LogP contribution in [0.1, 0.15) is 77.0 Å². The summed E-state index contributed by atoms with van der Waals surface area (Å²) < 4.78 is 0. The molecule has 2 fully saturated rings. The second-order valence-corrected chi connectivity index (χ2v) is 6.20. The molecule has 2 saturated carbocycles. The van der Waals surface area contributed by atoms with Crippen LogP contribution in [0.4, 0.5) is 0 Å². The third-order valence-electron chi connectivity index (χ3n) is 4.71. The highest BCUT2D eigenvalue weighted by Crippen LogP contribution is 2.34. The Kier molecular flexibility index (Phi) is 5.40. The highest BCUT2D eigenvalue weighted by molar-refractivity contribution is 5.84. The maximum atomic E-state index is 11.8. The summed E-state index contributed by atoms with van der Waals surface area (Å²) in [5.41, 5.74) is 0. The lowest BCUT2D eigenvalue weighted by Gasteiger charge is -2.29. The quantitative estimate of drug-likeness (QED) is 0.703. The van der Waals surface area contributed by atoms with E-state index in [-0.39, 0.29) is 0 Å². The minimum Gasteiger partial charge on any atom is -0.300 e. The molecule has 0 heterocycles. The molecule has 2 rings (SSSR count). The minimum absolute atomic E-state index is 0.364. The van der Waals surface area contributed by atoms with Crippen LogP contribution >= 0.6 is 0 Å². The monoisotopic (exact) mass is 250 g/mol. The zero-order valence-corrected chi connectivity index (χ0v) is 11.5. The number of hydrogen-bond acceptors (Lipinski definition) is 2. The molecule has 0 aromatic rings. The van der Waals surface area contributed by atoms with Crippen molar-refractivity contribution >= 4 is 11.6 Å². The van der Waals surface area contributed by atoms with Crippen molar-refractivity contribution in [2.45, 2.75) is 77.0 Å². The molecule has 2 aliphatic carbocycles. The summed E-state index contributed by atoms with van der Waals surface area (Å²) in [6, 6.07) is 0. The van der Waals surface area contributed by atoms with E-state index >= 15 is 0 Å². The van der Waals surface area contributed by atoms with Crippen LogP contribution in [-0.4, -0.2) is 11.6 Å². The fourth-order valence-electron chi connectivity index (χ4n) is 3.64. The number of hydrogen-bond donors (Lipinski definition) is 0. The van der Waals surface area contributed by atoms with Crippen LogP contribution < -0.4 is 0 Å². The summed E-state index contributed by atoms with van der Waals surface area (Å²) in [4.78, 5) is 23.7. The molecule has 0 aliphatic heterocycles. The third kappa shape index (κ3) is 4.22. The van der Waals surface area contributed by atoms with Crippen molar-refractivity contribution in [3.05, 3.63) is 0 Å². The largest absolute Gasteiger partial charge is 0.300 e. The van der Waals surface area contributed by atoms with Gasteiger partial charge in [-0.2, -0.15) is 0 Å². The van der Waals surface area contributed by atoms with E-state index in [1.54, 1.807) is 0 Å². The van der Waals surface area contributed by atoms with Gasteiger partial charge in [-0.05, 0) is 18.3 Å². The Hall–Kier alpha value is -0.660. The smallest absolute Gasteiger partial charge is 0.133 e. The van der Waals surface area contributed by atoms with Crippen LogP contribution in [0, 0.1) is 11.8 Å². The van der Waals surface area contributed by atoms with Crippen molar-refractivity contribution in [1.29, 1.82) is 0 Å². The Labute approximate surface area is 111 Å². The van der Waals surface area contributed by atoms with Crippen molar-refractivity contribution in [2.24, 2.45) is 11.8 Å². The molecule has 18 heavy (non-hydrogen) atoms. The van der Waals surface area contributed by atoms with Gasteiger partial charge in [0, 0.05) is 25.7 Å². The standard InChI is InChI=1S/C16H26O2/c17-15-9-6-10-16(18)12-14(11-15)13-7-4-2-1-3-5-8-13/h13-14H,1-12H2. The van der Waals surface area contributed by atoms with Crippen LogP contribution in [0.2, 0.25) is 0 Å². The lowest BCUT2D eigenvalue weighted by molar-refractivity contribution is -0.125. The third-order valence-corrected chi connectivity index (χ3v) is 4.71. The number of carbonyl (C=O) groups excluding carboxylic acids is 2. The lowest BCUT2D eigenvalue weighted by Crippen LogP contribution is -2.24. The van der Waals surface area contributed by atoms with Gasteiger partial charge in [0.25, 0.3) is 0 Å². The summed E-state index contributed by atoms with van der Waals surface area (Å²) in [5.74, 6) is 1.80. The van der Waals surface area contributed by atoms with Crippen LogP contribution in [-0.2, 0) is 9.59 Å². The average Bonchev–Trinajstić information content (AvgIpc) is 2.25. The highest BCUT2D eigenvalue weighted by Gasteiger charge is 2.27. The summed E-state index contributed by atoms with van der Waals surface area (Å²) in [6.45, 7) is 0. The Morgan fingerprint density at radius 2 is 1.11 bits per heavy atom. The molecule has 0 spiro atoms. The van der Waals surface area contributed by atoms with Gasteiger partial charge in [0.05, 0.1) is 0 Å².